The fraction of sp³-hybridized carbons (Fsp3) is 1.00. The van der Waals surface area contributed by atoms with E-state index in [1.165, 1.54) is 0 Å². The Bertz CT molecular complexity index is 175. The Hall–Kier alpha value is -0.360. The lowest BCUT2D eigenvalue weighted by Crippen LogP contribution is -2.64. The first-order chi connectivity index (χ1) is 5.26. The van der Waals surface area contributed by atoms with Crippen molar-refractivity contribution in [3.8, 4) is 0 Å². The predicted molar refractivity (Wildman–Crippen MR) is 33.1 cm³/mol. The molecule has 0 aromatic rings. The van der Waals surface area contributed by atoms with E-state index in [9.17, 15) is 17.6 Å². The van der Waals surface area contributed by atoms with Gasteiger partial charge in [-0.25, -0.2) is 4.39 Å². The van der Waals surface area contributed by atoms with Gasteiger partial charge in [0.15, 0.2) is 0 Å². The molecule has 0 aliphatic heterocycles. The highest BCUT2D eigenvalue weighted by atomic mass is 19.4. The zero-order valence-electron chi connectivity index (χ0n) is 6.11. The van der Waals surface area contributed by atoms with Gasteiger partial charge in [-0.2, -0.15) is 13.2 Å². The standard InChI is InChI=1S/C6H9F4NO/c7-4(6(8,9)10)5(11)1-3(12)2-5/h3-4,12H,1-2,11H2. The minimum absolute atomic E-state index is 0.326. The number of alkyl halides is 4. The maximum atomic E-state index is 12.6. The van der Waals surface area contributed by atoms with E-state index in [4.69, 9.17) is 10.8 Å². The number of halogens is 4. The fourth-order valence-corrected chi connectivity index (χ4v) is 1.35. The lowest BCUT2D eigenvalue weighted by molar-refractivity contribution is -0.215. The molecule has 0 saturated heterocycles. The van der Waals surface area contributed by atoms with E-state index in [0.717, 1.165) is 0 Å². The van der Waals surface area contributed by atoms with Gasteiger partial charge in [0.05, 0.1) is 11.6 Å². The van der Waals surface area contributed by atoms with E-state index in [0.29, 0.717) is 0 Å². The third-order valence-corrected chi connectivity index (χ3v) is 2.02. The quantitative estimate of drug-likeness (QED) is 0.595. The van der Waals surface area contributed by atoms with Gasteiger partial charge in [0.2, 0.25) is 6.17 Å². The molecule has 6 heteroatoms. The summed E-state index contributed by atoms with van der Waals surface area (Å²) >= 11 is 0. The molecule has 0 amide bonds. The van der Waals surface area contributed by atoms with Crippen LogP contribution in [0.2, 0.25) is 0 Å². The number of hydrogen-bond acceptors (Lipinski definition) is 2. The van der Waals surface area contributed by atoms with Crippen LogP contribution in [-0.4, -0.2) is 29.1 Å². The Morgan fingerprint density at radius 2 is 1.83 bits per heavy atom. The van der Waals surface area contributed by atoms with Crippen molar-refractivity contribution in [1.82, 2.24) is 0 Å². The Morgan fingerprint density at radius 3 is 2.08 bits per heavy atom. The van der Waals surface area contributed by atoms with Gasteiger partial charge in [0.25, 0.3) is 0 Å². The van der Waals surface area contributed by atoms with Crippen molar-refractivity contribution < 1.29 is 22.7 Å². The molecule has 2 nitrogen and oxygen atoms in total. The summed E-state index contributed by atoms with van der Waals surface area (Å²) in [7, 11) is 0. The molecule has 0 aromatic heterocycles. The van der Waals surface area contributed by atoms with Crippen LogP contribution in [0.1, 0.15) is 12.8 Å². The molecule has 1 rings (SSSR count). The van der Waals surface area contributed by atoms with Gasteiger partial charge in [0, 0.05) is 0 Å². The van der Waals surface area contributed by atoms with E-state index in [1.54, 1.807) is 0 Å². The highest BCUT2D eigenvalue weighted by Gasteiger charge is 2.58. The Kier molecular flexibility index (Phi) is 2.08. The Labute approximate surface area is 66.4 Å². The monoisotopic (exact) mass is 187 g/mol. The van der Waals surface area contributed by atoms with E-state index < -0.39 is 24.0 Å². The molecule has 1 fully saturated rings. The summed E-state index contributed by atoms with van der Waals surface area (Å²) in [6, 6.07) is 0. The van der Waals surface area contributed by atoms with Gasteiger partial charge in [-0.3, -0.25) is 0 Å². The molecule has 0 bridgehead atoms. The molecule has 1 atom stereocenters. The van der Waals surface area contributed by atoms with Gasteiger partial charge in [-0.1, -0.05) is 0 Å². The maximum Gasteiger partial charge on any atom is 0.421 e. The summed E-state index contributed by atoms with van der Waals surface area (Å²) in [6.45, 7) is 0. The fourth-order valence-electron chi connectivity index (χ4n) is 1.35. The van der Waals surface area contributed by atoms with Crippen LogP contribution in [0, 0.1) is 0 Å². The lowest BCUT2D eigenvalue weighted by atomic mass is 9.72. The highest BCUT2D eigenvalue weighted by molar-refractivity contribution is 5.06. The smallest absolute Gasteiger partial charge is 0.393 e. The summed E-state index contributed by atoms with van der Waals surface area (Å²) in [5, 5.41) is 8.68. The predicted octanol–water partition coefficient (Wildman–Crippen LogP) is 0.739. The molecular formula is C6H9F4NO. The van der Waals surface area contributed by atoms with Gasteiger partial charge >= 0.3 is 6.18 Å². The van der Waals surface area contributed by atoms with Crippen LogP contribution in [0.4, 0.5) is 17.6 Å². The zero-order chi connectivity index (χ0) is 9.57. The number of rotatable bonds is 1. The van der Waals surface area contributed by atoms with Crippen molar-refractivity contribution >= 4 is 0 Å². The first-order valence-corrected chi connectivity index (χ1v) is 3.43. The number of nitrogens with two attached hydrogens (primary N) is 1. The van der Waals surface area contributed by atoms with Gasteiger partial charge in [-0.05, 0) is 12.8 Å². The molecule has 3 N–H and O–H groups in total. The van der Waals surface area contributed by atoms with Crippen LogP contribution in [0.3, 0.4) is 0 Å². The van der Waals surface area contributed by atoms with Crippen molar-refractivity contribution in [1.29, 1.82) is 0 Å². The molecule has 0 heterocycles. The third-order valence-electron chi connectivity index (χ3n) is 2.02. The van der Waals surface area contributed by atoms with Crippen LogP contribution in [0.15, 0.2) is 0 Å². The molecule has 0 radical (unpaired) electrons. The van der Waals surface area contributed by atoms with Crippen molar-refractivity contribution in [2.45, 2.75) is 36.8 Å². The van der Waals surface area contributed by atoms with E-state index in [1.807, 2.05) is 0 Å². The van der Waals surface area contributed by atoms with Crippen LogP contribution < -0.4 is 5.73 Å². The van der Waals surface area contributed by atoms with Crippen LogP contribution in [0.25, 0.3) is 0 Å². The third kappa shape index (κ3) is 1.54. The maximum absolute atomic E-state index is 12.6. The van der Waals surface area contributed by atoms with Gasteiger partial charge in [0.1, 0.15) is 0 Å². The number of hydrogen-bond donors (Lipinski definition) is 2. The van der Waals surface area contributed by atoms with E-state index in [-0.39, 0.29) is 12.8 Å². The van der Waals surface area contributed by atoms with Gasteiger partial charge < -0.3 is 10.8 Å². The Balaban J connectivity index is 2.59. The average Bonchev–Trinajstić information content (AvgIpc) is 1.81. The first kappa shape index (κ1) is 9.73. The van der Waals surface area contributed by atoms with Crippen molar-refractivity contribution in [2.24, 2.45) is 5.73 Å². The van der Waals surface area contributed by atoms with Crippen molar-refractivity contribution in [3.05, 3.63) is 0 Å². The normalized spacial score (nSPS) is 39.0. The van der Waals surface area contributed by atoms with Crippen LogP contribution >= 0.6 is 0 Å². The molecule has 12 heavy (non-hydrogen) atoms. The van der Waals surface area contributed by atoms with Gasteiger partial charge in [-0.15, -0.1) is 0 Å². The summed E-state index contributed by atoms with van der Waals surface area (Å²) in [5.74, 6) is 0. The number of aliphatic hydroxyl groups excluding tert-OH is 1. The second kappa shape index (κ2) is 2.56. The molecule has 0 aromatic carbocycles. The Morgan fingerprint density at radius 1 is 1.42 bits per heavy atom. The lowest BCUT2D eigenvalue weighted by Gasteiger charge is -2.44. The van der Waals surface area contributed by atoms with Crippen LogP contribution in [-0.2, 0) is 0 Å². The molecule has 72 valence electrons. The zero-order valence-corrected chi connectivity index (χ0v) is 6.11. The summed E-state index contributed by atoms with van der Waals surface area (Å²) in [5.41, 5.74) is 3.16. The van der Waals surface area contributed by atoms with E-state index in [2.05, 4.69) is 0 Å². The minimum atomic E-state index is -4.92. The molecule has 0 spiro atoms. The highest BCUT2D eigenvalue weighted by Crippen LogP contribution is 2.41. The number of aliphatic hydroxyl groups is 1. The second-order valence-electron chi connectivity index (χ2n) is 3.20. The largest absolute Gasteiger partial charge is 0.421 e. The average molecular weight is 187 g/mol. The minimum Gasteiger partial charge on any atom is -0.393 e. The van der Waals surface area contributed by atoms with Crippen molar-refractivity contribution in [2.75, 3.05) is 0 Å². The first-order valence-electron chi connectivity index (χ1n) is 3.43. The van der Waals surface area contributed by atoms with Crippen LogP contribution in [0.5, 0.6) is 0 Å². The van der Waals surface area contributed by atoms with E-state index >= 15 is 0 Å². The summed E-state index contributed by atoms with van der Waals surface area (Å²) in [6.07, 6.45) is -9.50. The van der Waals surface area contributed by atoms with Crippen molar-refractivity contribution in [3.63, 3.8) is 0 Å². The topological polar surface area (TPSA) is 46.2 Å². The SMILES string of the molecule is NC1(C(F)C(F)(F)F)CC(O)C1. The molecule has 1 saturated carbocycles. The molecule has 1 unspecified atom stereocenters. The summed E-state index contributed by atoms with van der Waals surface area (Å²) < 4.78 is 47.8. The molecule has 1 aliphatic rings. The second-order valence-corrected chi connectivity index (χ2v) is 3.20. The molecule has 1 aliphatic carbocycles. The molecular weight excluding hydrogens is 178 g/mol. The summed E-state index contributed by atoms with van der Waals surface area (Å²) in [4.78, 5) is 0.